The molecule has 0 saturated carbocycles. The van der Waals surface area contributed by atoms with Crippen molar-refractivity contribution in [3.63, 3.8) is 0 Å². The fourth-order valence-electron chi connectivity index (χ4n) is 2.39. The first-order valence-electron chi connectivity index (χ1n) is 8.41. The maximum atomic E-state index is 12.3. The van der Waals surface area contributed by atoms with Gasteiger partial charge in [0.25, 0.3) is 11.8 Å². The molecule has 0 saturated heterocycles. The second-order valence-electron chi connectivity index (χ2n) is 5.84. The van der Waals surface area contributed by atoms with Gasteiger partial charge in [0.2, 0.25) is 0 Å². The van der Waals surface area contributed by atoms with Gasteiger partial charge in [0, 0.05) is 5.56 Å². The van der Waals surface area contributed by atoms with E-state index in [-0.39, 0.29) is 10.6 Å². The fourth-order valence-corrected chi connectivity index (χ4v) is 2.66. The molecule has 0 fully saturated rings. The molecule has 2 N–H and O–H groups in total. The van der Waals surface area contributed by atoms with Crippen molar-refractivity contribution < 1.29 is 28.6 Å². The van der Waals surface area contributed by atoms with Crippen molar-refractivity contribution >= 4 is 29.4 Å². The van der Waals surface area contributed by atoms with Gasteiger partial charge >= 0.3 is 5.97 Å². The summed E-state index contributed by atoms with van der Waals surface area (Å²) >= 11 is 6.09. The monoisotopic (exact) mass is 404 g/mol. The summed E-state index contributed by atoms with van der Waals surface area (Å²) in [7, 11) is 0. The van der Waals surface area contributed by atoms with Crippen molar-refractivity contribution in [2.24, 2.45) is 0 Å². The van der Waals surface area contributed by atoms with Crippen LogP contribution in [-0.2, 0) is 9.53 Å². The Morgan fingerprint density at radius 1 is 1.04 bits per heavy atom. The number of hydrogen-bond donors (Lipinski definition) is 2. The number of rotatable bonds is 4. The lowest BCUT2D eigenvalue weighted by atomic mass is 10.2. The molecule has 1 aliphatic rings. The van der Waals surface area contributed by atoms with E-state index in [1.807, 2.05) is 0 Å². The minimum atomic E-state index is -1.16. The van der Waals surface area contributed by atoms with Crippen LogP contribution in [0.2, 0.25) is 5.02 Å². The Morgan fingerprint density at radius 3 is 2.50 bits per heavy atom. The van der Waals surface area contributed by atoms with E-state index in [0.717, 1.165) is 0 Å². The highest BCUT2D eigenvalue weighted by Gasteiger charge is 2.23. The summed E-state index contributed by atoms with van der Waals surface area (Å²) in [6.07, 6.45) is -1.16. The standard InChI is InChI=1S/C19H17ClN2O6/c1-11(17(23)21-22-18(24)12-5-3-2-4-6-12)28-19(25)13-9-14(20)16-15(10-13)26-7-8-27-16/h2-6,9-11H,7-8H2,1H3,(H,21,23)(H,22,24)/t11-/m0/s1. The molecule has 0 radical (unpaired) electrons. The number of carbonyl (C=O) groups is 3. The van der Waals surface area contributed by atoms with Crippen molar-refractivity contribution in [2.75, 3.05) is 13.2 Å². The molecule has 1 atom stereocenters. The maximum Gasteiger partial charge on any atom is 0.339 e. The first kappa shape index (κ1) is 19.5. The molecule has 8 nitrogen and oxygen atoms in total. The largest absolute Gasteiger partial charge is 0.486 e. The summed E-state index contributed by atoms with van der Waals surface area (Å²) < 4.78 is 15.9. The third kappa shape index (κ3) is 4.52. The summed E-state index contributed by atoms with van der Waals surface area (Å²) in [5.74, 6) is -1.26. The molecule has 2 aromatic carbocycles. The van der Waals surface area contributed by atoms with Crippen LogP contribution >= 0.6 is 11.6 Å². The Balaban J connectivity index is 1.57. The third-order valence-corrected chi connectivity index (χ3v) is 4.10. The van der Waals surface area contributed by atoms with Crippen LogP contribution in [0.5, 0.6) is 11.5 Å². The van der Waals surface area contributed by atoms with Gasteiger partial charge in [0.05, 0.1) is 10.6 Å². The van der Waals surface area contributed by atoms with Crippen LogP contribution in [0.4, 0.5) is 0 Å². The Morgan fingerprint density at radius 2 is 1.75 bits per heavy atom. The molecule has 146 valence electrons. The van der Waals surface area contributed by atoms with Gasteiger partial charge in [-0.1, -0.05) is 29.8 Å². The lowest BCUT2D eigenvalue weighted by Gasteiger charge is -2.20. The van der Waals surface area contributed by atoms with Gasteiger partial charge < -0.3 is 14.2 Å². The predicted molar refractivity (Wildman–Crippen MR) is 99.4 cm³/mol. The van der Waals surface area contributed by atoms with E-state index in [4.69, 9.17) is 25.8 Å². The molecule has 0 aromatic heterocycles. The Kier molecular flexibility index (Phi) is 6.00. The van der Waals surface area contributed by atoms with Crippen LogP contribution in [-0.4, -0.2) is 37.1 Å². The second kappa shape index (κ2) is 8.62. The number of ether oxygens (including phenoxy) is 3. The van der Waals surface area contributed by atoms with Crippen molar-refractivity contribution in [1.82, 2.24) is 10.9 Å². The average molecular weight is 405 g/mol. The molecular formula is C19H17ClN2O6. The SMILES string of the molecule is C[C@H](OC(=O)c1cc(Cl)c2c(c1)OCCO2)C(=O)NNC(=O)c1ccccc1. The highest BCUT2D eigenvalue weighted by molar-refractivity contribution is 6.32. The number of hydrogen-bond acceptors (Lipinski definition) is 6. The normalized spacial score (nSPS) is 13.2. The fraction of sp³-hybridized carbons (Fsp3) is 0.211. The van der Waals surface area contributed by atoms with Crippen LogP contribution in [0, 0.1) is 0 Å². The zero-order valence-electron chi connectivity index (χ0n) is 14.9. The van der Waals surface area contributed by atoms with Crippen molar-refractivity contribution in [3.8, 4) is 11.5 Å². The molecule has 2 aromatic rings. The van der Waals surface area contributed by atoms with E-state index in [1.54, 1.807) is 30.3 Å². The molecule has 2 amide bonds. The molecule has 1 heterocycles. The van der Waals surface area contributed by atoms with Gasteiger partial charge in [0.15, 0.2) is 17.6 Å². The van der Waals surface area contributed by atoms with Crippen LogP contribution in [0.3, 0.4) is 0 Å². The van der Waals surface area contributed by atoms with Crippen LogP contribution in [0.1, 0.15) is 27.6 Å². The number of fused-ring (bicyclic) bond motifs is 1. The molecule has 0 spiro atoms. The summed E-state index contributed by atoms with van der Waals surface area (Å²) in [4.78, 5) is 36.3. The minimum absolute atomic E-state index is 0.113. The Hall–Kier alpha value is -3.26. The minimum Gasteiger partial charge on any atom is -0.486 e. The lowest BCUT2D eigenvalue weighted by Crippen LogP contribution is -2.46. The van der Waals surface area contributed by atoms with E-state index >= 15 is 0 Å². The number of carbonyl (C=O) groups excluding carboxylic acids is 3. The van der Waals surface area contributed by atoms with E-state index in [1.165, 1.54) is 19.1 Å². The van der Waals surface area contributed by atoms with Crippen LogP contribution in [0.25, 0.3) is 0 Å². The van der Waals surface area contributed by atoms with Gasteiger partial charge in [-0.05, 0) is 31.2 Å². The van der Waals surface area contributed by atoms with Crippen molar-refractivity contribution in [1.29, 1.82) is 0 Å². The molecule has 28 heavy (non-hydrogen) atoms. The van der Waals surface area contributed by atoms with Gasteiger partial charge in [-0.2, -0.15) is 0 Å². The molecule has 0 unspecified atom stereocenters. The quantitative estimate of drug-likeness (QED) is 0.597. The number of halogens is 1. The van der Waals surface area contributed by atoms with Crippen LogP contribution in [0.15, 0.2) is 42.5 Å². The van der Waals surface area contributed by atoms with Crippen molar-refractivity contribution in [2.45, 2.75) is 13.0 Å². The van der Waals surface area contributed by atoms with E-state index < -0.39 is 23.9 Å². The lowest BCUT2D eigenvalue weighted by molar-refractivity contribution is -0.129. The molecule has 9 heteroatoms. The Bertz CT molecular complexity index is 903. The highest BCUT2D eigenvalue weighted by atomic mass is 35.5. The molecule has 0 bridgehead atoms. The summed E-state index contributed by atoms with van der Waals surface area (Å²) in [6, 6.07) is 11.1. The third-order valence-electron chi connectivity index (χ3n) is 3.82. The van der Waals surface area contributed by atoms with Gasteiger partial charge in [-0.3, -0.25) is 20.4 Å². The molecule has 0 aliphatic carbocycles. The number of amides is 2. The number of hydrazine groups is 1. The second-order valence-corrected chi connectivity index (χ2v) is 6.25. The Labute approximate surface area is 165 Å². The highest BCUT2D eigenvalue weighted by Crippen LogP contribution is 2.38. The van der Waals surface area contributed by atoms with Gasteiger partial charge in [-0.15, -0.1) is 0 Å². The average Bonchev–Trinajstić information content (AvgIpc) is 2.72. The first-order chi connectivity index (χ1) is 13.5. The van der Waals surface area contributed by atoms with E-state index in [2.05, 4.69) is 10.9 Å². The number of nitrogens with one attached hydrogen (secondary N) is 2. The zero-order valence-corrected chi connectivity index (χ0v) is 15.6. The molecule has 1 aliphatic heterocycles. The van der Waals surface area contributed by atoms with E-state index in [9.17, 15) is 14.4 Å². The van der Waals surface area contributed by atoms with Crippen LogP contribution < -0.4 is 20.3 Å². The summed E-state index contributed by atoms with van der Waals surface area (Å²) in [5, 5.41) is 0.205. The van der Waals surface area contributed by atoms with Gasteiger partial charge in [-0.25, -0.2) is 4.79 Å². The summed E-state index contributed by atoms with van der Waals surface area (Å²) in [5.41, 5.74) is 4.95. The van der Waals surface area contributed by atoms with Gasteiger partial charge in [0.1, 0.15) is 13.2 Å². The maximum absolute atomic E-state index is 12.3. The van der Waals surface area contributed by atoms with Crippen molar-refractivity contribution in [3.05, 3.63) is 58.6 Å². The zero-order chi connectivity index (χ0) is 20.1. The van der Waals surface area contributed by atoms with E-state index in [0.29, 0.717) is 30.3 Å². The summed E-state index contributed by atoms with van der Waals surface area (Å²) in [6.45, 7) is 2.08. The number of benzene rings is 2. The molecule has 3 rings (SSSR count). The topological polar surface area (TPSA) is 103 Å². The first-order valence-corrected chi connectivity index (χ1v) is 8.79. The molecular weight excluding hydrogens is 388 g/mol. The number of esters is 1. The smallest absolute Gasteiger partial charge is 0.339 e. The predicted octanol–water partition coefficient (Wildman–Crippen LogP) is 2.12.